The molecule has 0 amide bonds. The second-order valence-electron chi connectivity index (χ2n) is 40.1. The number of rotatable bonds is 8. The summed E-state index contributed by atoms with van der Waals surface area (Å²) in [5.74, 6) is 0. The number of fused-ring (bicyclic) bond motifs is 16. The number of hydrogen-bond acceptors (Lipinski definition) is 2. The van der Waals surface area contributed by atoms with E-state index in [1.165, 1.54) is 43.8 Å². The summed E-state index contributed by atoms with van der Waals surface area (Å²) >= 11 is 0. The lowest BCUT2D eigenvalue weighted by molar-refractivity contribution is 0.590. The van der Waals surface area contributed by atoms with Crippen LogP contribution in [0.15, 0.2) is 309 Å². The molecule has 19 aromatic rings. The van der Waals surface area contributed by atoms with E-state index in [9.17, 15) is 11.0 Å². The highest BCUT2D eigenvalue weighted by Crippen LogP contribution is 2.56. The molecule has 4 aromatic heterocycles. The number of para-hydroxylation sites is 5. The van der Waals surface area contributed by atoms with E-state index >= 15 is 0 Å². The minimum atomic E-state index is -0.535. The SMILES string of the molecule is [2H]c1c([2H])c([2H])c2c(c1[2H])c1c([2H])c([2H])c([2H])c([2H])c1n2-c1ccc2c(c1)N(c1c(-c3ccccc3)cc(C(C)(C)C)cc1-c1ccccc1)c1cc(C(C)(C)C)cc3c1B2c1ccc(-n2c4ccc(C(C)(C)C)cc4c4cc(C(C)(C)C)ccc42)cc1N3c1cccc2c3cccc(-n4c5ccc(C(C)(C)C)cc5c5cc(C(C)(C)C)ccc54)c3n(-c3ccccc3)c12. The van der Waals surface area contributed by atoms with Crippen LogP contribution in [-0.2, 0) is 32.5 Å². The van der Waals surface area contributed by atoms with Crippen molar-refractivity contribution in [3.8, 4) is 45.0 Å². The second kappa shape index (κ2) is 26.8. The van der Waals surface area contributed by atoms with Gasteiger partial charge in [0.05, 0.1) is 72.2 Å². The smallest absolute Gasteiger partial charge is 0.252 e. The first-order chi connectivity index (χ1) is 61.2. The van der Waals surface area contributed by atoms with Crippen molar-refractivity contribution in [3.05, 3.63) is 343 Å². The zero-order chi connectivity index (χ0) is 90.6. The van der Waals surface area contributed by atoms with E-state index < -0.39 is 48.4 Å². The van der Waals surface area contributed by atoms with Crippen molar-refractivity contribution in [3.63, 3.8) is 0 Å². The molecule has 0 atom stereocenters. The van der Waals surface area contributed by atoms with Gasteiger partial charge in [-0.25, -0.2) is 0 Å². The lowest BCUT2D eigenvalue weighted by Crippen LogP contribution is -2.61. The van der Waals surface area contributed by atoms with Gasteiger partial charge in [0.1, 0.15) is 0 Å². The molecule has 594 valence electrons. The Balaban J connectivity index is 0.947. The third kappa shape index (κ3) is 11.9. The molecule has 6 heterocycles. The molecule has 0 saturated carbocycles. The maximum atomic E-state index is 9.99. The van der Waals surface area contributed by atoms with Gasteiger partial charge in [0, 0.05) is 94.0 Å². The van der Waals surface area contributed by atoms with E-state index in [0.29, 0.717) is 5.69 Å². The summed E-state index contributed by atoms with van der Waals surface area (Å²) in [7, 11) is 0. The predicted octanol–water partition coefficient (Wildman–Crippen LogP) is 29.3. The molecule has 0 unspecified atom stereocenters. The standard InChI is InChI=1S/C114H105BN6/c1-109(2,3)72-48-56-95-87(60-72)88-61-73(110(4,5)6)49-57-96(88)117(95)79-52-54-91-101(68-79)120(100-47-33-43-84-83-42-32-46-99(107(83)118(108(84)100)78-38-26-21-27-39-78)119-97-58-50-74(111(7,8)9)62-89(97)90-63-75(112(10,11)12)51-59-98(90)119)103-66-77(114(16,17)18)67-104-105(103)115(91)92-55-53-80(116-93-44-30-28-40-81(93)82-41-29-31-45-94(82)116)69-102(92)121(104)106-85(70-34-22-19-23-35-70)64-76(113(13,14)15)65-86(106)71-36-24-20-25-37-71/h19-69H,1-18H3/i28D,29D,30D,31D,40D,41D,44D,45D. The van der Waals surface area contributed by atoms with Gasteiger partial charge in [0.2, 0.25) is 0 Å². The molecule has 121 heavy (non-hydrogen) atoms. The predicted molar refractivity (Wildman–Crippen MR) is 521 cm³/mol. The first-order valence-electron chi connectivity index (χ1n) is 46.8. The fourth-order valence-electron chi connectivity index (χ4n) is 19.6. The Bertz CT molecular complexity index is 7750. The molecule has 0 fully saturated rings. The molecule has 0 N–H and O–H groups in total. The topological polar surface area (TPSA) is 26.2 Å². The molecule has 21 rings (SSSR count). The Morgan fingerprint density at radius 1 is 0.240 bits per heavy atom. The highest BCUT2D eigenvalue weighted by Gasteiger charge is 2.47. The van der Waals surface area contributed by atoms with Gasteiger partial charge in [-0.15, -0.1) is 0 Å². The Kier molecular flexibility index (Phi) is 14.9. The molecule has 7 heteroatoms. The maximum Gasteiger partial charge on any atom is 0.252 e. The van der Waals surface area contributed by atoms with Crippen LogP contribution in [0.4, 0.5) is 34.1 Å². The van der Waals surface area contributed by atoms with E-state index in [2.05, 4.69) is 403 Å². The Morgan fingerprint density at radius 2 is 0.603 bits per heavy atom. The third-order valence-corrected chi connectivity index (χ3v) is 26.1. The van der Waals surface area contributed by atoms with Crippen LogP contribution in [-0.4, -0.2) is 25.0 Å². The zero-order valence-electron chi connectivity index (χ0n) is 80.6. The number of aromatic nitrogens is 4. The molecule has 0 saturated heterocycles. The Morgan fingerprint density at radius 3 is 1.03 bits per heavy atom. The van der Waals surface area contributed by atoms with Crippen molar-refractivity contribution < 1.29 is 11.0 Å². The van der Waals surface area contributed by atoms with E-state index in [4.69, 9.17) is 0 Å². The average molecular weight is 1580 g/mol. The van der Waals surface area contributed by atoms with Gasteiger partial charge in [0.15, 0.2) is 0 Å². The lowest BCUT2D eigenvalue weighted by Gasteiger charge is -2.46. The molecule has 2 aliphatic rings. The van der Waals surface area contributed by atoms with E-state index in [-0.39, 0.29) is 61.0 Å². The van der Waals surface area contributed by atoms with Crippen LogP contribution in [0.3, 0.4) is 0 Å². The Labute approximate surface area is 723 Å². The fraction of sp³-hybridized carbons (Fsp3) is 0.211. The molecule has 6 nitrogen and oxygen atoms in total. The van der Waals surface area contributed by atoms with Crippen molar-refractivity contribution in [2.75, 3.05) is 9.80 Å². The summed E-state index contributed by atoms with van der Waals surface area (Å²) < 4.78 is 85.8. The summed E-state index contributed by atoms with van der Waals surface area (Å²) in [5.41, 5.74) is 28.3. The van der Waals surface area contributed by atoms with Crippen molar-refractivity contribution in [2.24, 2.45) is 0 Å². The zero-order valence-corrected chi connectivity index (χ0v) is 72.6. The highest BCUT2D eigenvalue weighted by atomic mass is 15.2. The van der Waals surface area contributed by atoms with Gasteiger partial charge >= 0.3 is 0 Å². The van der Waals surface area contributed by atoms with Gasteiger partial charge in [-0.3, -0.25) is 0 Å². The largest absolute Gasteiger partial charge is 0.310 e. The monoisotopic (exact) mass is 1580 g/mol. The van der Waals surface area contributed by atoms with Crippen molar-refractivity contribution in [1.29, 1.82) is 0 Å². The summed E-state index contributed by atoms with van der Waals surface area (Å²) in [4.78, 5) is 5.10. The molecular formula is C114H105BN6. The molecular weight excluding hydrogens is 1460 g/mol. The summed E-state index contributed by atoms with van der Waals surface area (Å²) in [6.45, 7) is 40.8. The molecule has 0 aliphatic carbocycles. The first-order valence-corrected chi connectivity index (χ1v) is 42.8. The van der Waals surface area contributed by atoms with Crippen LogP contribution in [0.25, 0.3) is 132 Å². The molecule has 0 spiro atoms. The summed E-state index contributed by atoms with van der Waals surface area (Å²) in [6.07, 6.45) is 0. The van der Waals surface area contributed by atoms with Gasteiger partial charge in [-0.05, 0) is 227 Å². The Hall–Kier alpha value is -12.8. The van der Waals surface area contributed by atoms with Crippen LogP contribution in [0.2, 0.25) is 0 Å². The van der Waals surface area contributed by atoms with Gasteiger partial charge < -0.3 is 28.1 Å². The summed E-state index contributed by atoms with van der Waals surface area (Å²) in [6, 6.07) is 94.2. The molecule has 0 radical (unpaired) electrons. The number of benzene rings is 15. The van der Waals surface area contributed by atoms with Crippen LogP contribution < -0.4 is 26.2 Å². The summed E-state index contributed by atoms with van der Waals surface area (Å²) in [5, 5.41) is 6.95. The van der Waals surface area contributed by atoms with Gasteiger partial charge in [-0.2, -0.15) is 0 Å². The van der Waals surface area contributed by atoms with Crippen LogP contribution in [0.1, 0.15) is 169 Å². The highest BCUT2D eigenvalue weighted by molar-refractivity contribution is 7.00. The number of anilines is 6. The van der Waals surface area contributed by atoms with Crippen molar-refractivity contribution in [1.82, 2.24) is 18.3 Å². The molecule has 15 aromatic carbocycles. The maximum absolute atomic E-state index is 9.99. The number of nitrogens with zero attached hydrogens (tertiary/aromatic N) is 6. The lowest BCUT2D eigenvalue weighted by atomic mass is 9.33. The fourth-order valence-corrected chi connectivity index (χ4v) is 19.6. The third-order valence-electron chi connectivity index (χ3n) is 26.1. The van der Waals surface area contributed by atoms with Gasteiger partial charge in [-0.1, -0.05) is 300 Å². The van der Waals surface area contributed by atoms with Crippen LogP contribution in [0, 0.1) is 0 Å². The van der Waals surface area contributed by atoms with Crippen LogP contribution >= 0.6 is 0 Å². The van der Waals surface area contributed by atoms with Crippen LogP contribution in [0.5, 0.6) is 0 Å². The first kappa shape index (κ1) is 67.0. The molecule has 2 aliphatic heterocycles. The van der Waals surface area contributed by atoms with Crippen molar-refractivity contribution >= 4 is 144 Å². The van der Waals surface area contributed by atoms with E-state index in [0.717, 1.165) is 145 Å². The quantitative estimate of drug-likeness (QED) is 0.142. The van der Waals surface area contributed by atoms with Crippen molar-refractivity contribution in [2.45, 2.75) is 157 Å². The second-order valence-corrected chi connectivity index (χ2v) is 40.1. The van der Waals surface area contributed by atoms with E-state index in [1.54, 1.807) is 4.57 Å². The van der Waals surface area contributed by atoms with Gasteiger partial charge in [0.25, 0.3) is 6.71 Å². The number of hydrogen-bond donors (Lipinski definition) is 0. The molecule has 0 bridgehead atoms. The van der Waals surface area contributed by atoms with E-state index in [1.807, 2.05) is 6.07 Å². The minimum absolute atomic E-state index is 0.0104. The average Bonchev–Trinajstić information content (AvgIpc) is 0.908. The normalized spacial score (nSPS) is 14.4. The minimum Gasteiger partial charge on any atom is -0.310 e.